The molecule has 0 fully saturated rings. The monoisotopic (exact) mass is 297 g/mol. The molecule has 0 atom stereocenters. The van der Waals surface area contributed by atoms with Crippen LogP contribution in [-0.2, 0) is 25.1 Å². The fraction of sp³-hybridized carbons (Fsp3) is 0.615. The van der Waals surface area contributed by atoms with Crippen LogP contribution in [0.2, 0.25) is 5.02 Å². The van der Waals surface area contributed by atoms with E-state index in [1.807, 2.05) is 18.5 Å². The fourth-order valence-electron chi connectivity index (χ4n) is 1.98. The number of aromatic nitrogens is 5. The van der Waals surface area contributed by atoms with Gasteiger partial charge in [-0.3, -0.25) is 4.68 Å². The number of hydrogen-bond acceptors (Lipinski definition) is 4. The zero-order valence-corrected chi connectivity index (χ0v) is 13.0. The average molecular weight is 298 g/mol. The molecule has 0 unspecified atom stereocenters. The Bertz CT molecular complexity index is 596. The molecule has 0 aromatic carbocycles. The van der Waals surface area contributed by atoms with Crippen LogP contribution in [0.1, 0.15) is 44.8 Å². The average Bonchev–Trinajstić information content (AvgIpc) is 2.96. The topological polar surface area (TPSA) is 68.8 Å². The summed E-state index contributed by atoms with van der Waals surface area (Å²) in [5.41, 5.74) is 1.35. The van der Waals surface area contributed by atoms with E-state index < -0.39 is 5.60 Å². The Labute approximate surface area is 123 Å². The first kappa shape index (κ1) is 15.0. The minimum Gasteiger partial charge on any atom is -0.384 e. The molecule has 6 nitrogen and oxygen atoms in total. The molecule has 0 radical (unpaired) electrons. The number of aliphatic hydroxyl groups is 1. The van der Waals surface area contributed by atoms with E-state index in [1.165, 1.54) is 0 Å². The second-order valence-corrected chi connectivity index (χ2v) is 5.62. The van der Waals surface area contributed by atoms with Crippen molar-refractivity contribution in [3.05, 3.63) is 28.3 Å². The molecule has 2 aromatic heterocycles. The lowest BCUT2D eigenvalue weighted by Crippen LogP contribution is -2.16. The molecule has 2 aromatic rings. The van der Waals surface area contributed by atoms with Crippen molar-refractivity contribution in [2.45, 2.75) is 52.8 Å². The van der Waals surface area contributed by atoms with Gasteiger partial charge in [0.15, 0.2) is 0 Å². The maximum absolute atomic E-state index is 9.91. The van der Waals surface area contributed by atoms with Gasteiger partial charge in [0.05, 0.1) is 29.2 Å². The Hall–Kier alpha value is -1.40. The number of halogens is 1. The van der Waals surface area contributed by atoms with Crippen LogP contribution in [0, 0.1) is 0 Å². The van der Waals surface area contributed by atoms with Crippen molar-refractivity contribution in [3.8, 4) is 0 Å². The lowest BCUT2D eigenvalue weighted by atomic mass is 10.1. The molecule has 7 heteroatoms. The molecule has 0 saturated carbocycles. The van der Waals surface area contributed by atoms with Gasteiger partial charge in [0.2, 0.25) is 0 Å². The van der Waals surface area contributed by atoms with E-state index in [9.17, 15) is 5.11 Å². The SMILES string of the molecule is CCc1nn(CC)c(Cn2cc(C(C)(C)O)nn2)c1Cl. The first-order chi connectivity index (χ1) is 9.36. The normalized spacial score (nSPS) is 12.1. The summed E-state index contributed by atoms with van der Waals surface area (Å²) < 4.78 is 3.55. The van der Waals surface area contributed by atoms with E-state index in [2.05, 4.69) is 15.4 Å². The number of aryl methyl sites for hydroxylation is 2. The van der Waals surface area contributed by atoms with Crippen molar-refractivity contribution in [2.24, 2.45) is 0 Å². The van der Waals surface area contributed by atoms with Crippen LogP contribution in [-0.4, -0.2) is 29.9 Å². The second-order valence-electron chi connectivity index (χ2n) is 5.24. The highest BCUT2D eigenvalue weighted by molar-refractivity contribution is 6.31. The highest BCUT2D eigenvalue weighted by Gasteiger charge is 2.21. The molecule has 20 heavy (non-hydrogen) atoms. The molecule has 0 bridgehead atoms. The van der Waals surface area contributed by atoms with Gasteiger partial charge >= 0.3 is 0 Å². The lowest BCUT2D eigenvalue weighted by molar-refractivity contribution is 0.0737. The zero-order chi connectivity index (χ0) is 14.9. The summed E-state index contributed by atoms with van der Waals surface area (Å²) in [6.45, 7) is 8.65. The van der Waals surface area contributed by atoms with E-state index in [0.29, 0.717) is 17.3 Å². The predicted octanol–water partition coefficient (Wildman–Crippen LogP) is 1.99. The Balaban J connectivity index is 2.30. The van der Waals surface area contributed by atoms with Gasteiger partial charge in [-0.05, 0) is 27.2 Å². The molecule has 0 aliphatic rings. The molecule has 2 rings (SSSR count). The first-order valence-electron chi connectivity index (χ1n) is 6.73. The molecule has 0 amide bonds. The van der Waals surface area contributed by atoms with Gasteiger partial charge in [-0.2, -0.15) is 5.10 Å². The lowest BCUT2D eigenvalue weighted by Gasteiger charge is -2.11. The van der Waals surface area contributed by atoms with Crippen LogP contribution in [0.25, 0.3) is 0 Å². The van der Waals surface area contributed by atoms with E-state index in [1.54, 1.807) is 24.7 Å². The molecule has 0 aliphatic heterocycles. The molecule has 0 aliphatic carbocycles. The van der Waals surface area contributed by atoms with Gasteiger partial charge in [-0.25, -0.2) is 4.68 Å². The Morgan fingerprint density at radius 2 is 2.05 bits per heavy atom. The summed E-state index contributed by atoms with van der Waals surface area (Å²) in [6, 6.07) is 0. The summed E-state index contributed by atoms with van der Waals surface area (Å²) in [4.78, 5) is 0. The van der Waals surface area contributed by atoms with Crippen molar-refractivity contribution < 1.29 is 5.11 Å². The van der Waals surface area contributed by atoms with E-state index in [4.69, 9.17) is 11.6 Å². The molecule has 110 valence electrons. The maximum atomic E-state index is 9.91. The van der Waals surface area contributed by atoms with Gasteiger partial charge in [-0.1, -0.05) is 23.7 Å². The number of hydrogen-bond donors (Lipinski definition) is 1. The molecule has 1 N–H and O–H groups in total. The van der Waals surface area contributed by atoms with Crippen LogP contribution in [0.15, 0.2) is 6.20 Å². The Morgan fingerprint density at radius 1 is 1.35 bits per heavy atom. The van der Waals surface area contributed by atoms with Crippen molar-refractivity contribution in [3.63, 3.8) is 0 Å². The molecule has 2 heterocycles. The van der Waals surface area contributed by atoms with E-state index >= 15 is 0 Å². The number of nitrogens with zero attached hydrogens (tertiary/aromatic N) is 5. The van der Waals surface area contributed by atoms with Crippen LogP contribution >= 0.6 is 11.6 Å². The Morgan fingerprint density at radius 3 is 2.55 bits per heavy atom. The van der Waals surface area contributed by atoms with Gasteiger partial charge in [0.1, 0.15) is 11.3 Å². The van der Waals surface area contributed by atoms with Crippen molar-refractivity contribution in [1.29, 1.82) is 0 Å². The number of rotatable bonds is 5. The maximum Gasteiger partial charge on any atom is 0.114 e. The molecule has 0 saturated heterocycles. The summed E-state index contributed by atoms with van der Waals surface area (Å²) in [5.74, 6) is 0. The van der Waals surface area contributed by atoms with Gasteiger partial charge in [-0.15, -0.1) is 5.10 Å². The fourth-order valence-corrected chi connectivity index (χ4v) is 2.31. The third-order valence-electron chi connectivity index (χ3n) is 3.17. The van der Waals surface area contributed by atoms with E-state index in [-0.39, 0.29) is 0 Å². The minimum absolute atomic E-state index is 0.489. The molecular weight excluding hydrogens is 278 g/mol. The van der Waals surface area contributed by atoms with Gasteiger partial charge in [0, 0.05) is 6.54 Å². The van der Waals surface area contributed by atoms with Crippen LogP contribution < -0.4 is 0 Å². The van der Waals surface area contributed by atoms with Crippen molar-refractivity contribution >= 4 is 11.6 Å². The third-order valence-corrected chi connectivity index (χ3v) is 3.61. The standard InChI is InChI=1S/C13H20ClN5O/c1-5-9-12(14)10(19(6-2)16-9)7-18-8-11(15-17-18)13(3,4)20/h8,20H,5-7H2,1-4H3. The van der Waals surface area contributed by atoms with Gasteiger partial charge < -0.3 is 5.11 Å². The summed E-state index contributed by atoms with van der Waals surface area (Å²) in [5, 5.41) is 23.1. The minimum atomic E-state index is -0.998. The summed E-state index contributed by atoms with van der Waals surface area (Å²) in [6.07, 6.45) is 2.53. The van der Waals surface area contributed by atoms with Gasteiger partial charge in [0.25, 0.3) is 0 Å². The van der Waals surface area contributed by atoms with Crippen LogP contribution in [0.5, 0.6) is 0 Å². The van der Waals surface area contributed by atoms with Crippen molar-refractivity contribution in [1.82, 2.24) is 24.8 Å². The van der Waals surface area contributed by atoms with E-state index in [0.717, 1.165) is 24.4 Å². The zero-order valence-electron chi connectivity index (χ0n) is 12.3. The highest BCUT2D eigenvalue weighted by Crippen LogP contribution is 2.23. The quantitative estimate of drug-likeness (QED) is 0.916. The predicted molar refractivity (Wildman–Crippen MR) is 76.7 cm³/mol. The van der Waals surface area contributed by atoms with Crippen molar-refractivity contribution in [2.75, 3.05) is 0 Å². The molecular formula is C13H20ClN5O. The largest absolute Gasteiger partial charge is 0.384 e. The highest BCUT2D eigenvalue weighted by atomic mass is 35.5. The summed E-state index contributed by atoms with van der Waals surface area (Å²) in [7, 11) is 0. The smallest absolute Gasteiger partial charge is 0.114 e. The second kappa shape index (κ2) is 5.54. The van der Waals surface area contributed by atoms with Crippen LogP contribution in [0.4, 0.5) is 0 Å². The Kier molecular flexibility index (Phi) is 4.15. The summed E-state index contributed by atoms with van der Waals surface area (Å²) >= 11 is 6.36. The van der Waals surface area contributed by atoms with Crippen LogP contribution in [0.3, 0.4) is 0 Å². The first-order valence-corrected chi connectivity index (χ1v) is 7.11. The third kappa shape index (κ3) is 2.86. The molecule has 0 spiro atoms.